The zero-order valence-electron chi connectivity index (χ0n) is 13.6. The standard InChI is InChI=1S/C15H26N2O2S2/c1-10(2)16-9-11-12(7-8-20-11)21(18,19)17-13-14(3,4)15(13,5)6/h7-8,10,13,16-17H,9H2,1-6H3. The van der Waals surface area contributed by atoms with Gasteiger partial charge in [-0.1, -0.05) is 41.5 Å². The van der Waals surface area contributed by atoms with Crippen LogP contribution in [0.25, 0.3) is 0 Å². The van der Waals surface area contributed by atoms with Crippen molar-refractivity contribution in [3.05, 3.63) is 16.3 Å². The van der Waals surface area contributed by atoms with Crippen LogP contribution < -0.4 is 10.0 Å². The molecule has 1 aromatic heterocycles. The van der Waals surface area contributed by atoms with Crippen LogP contribution in [-0.4, -0.2) is 20.5 Å². The molecule has 0 unspecified atom stereocenters. The first-order valence-corrected chi connectivity index (χ1v) is 9.68. The van der Waals surface area contributed by atoms with Gasteiger partial charge in [0.2, 0.25) is 10.0 Å². The molecule has 1 aliphatic carbocycles. The van der Waals surface area contributed by atoms with E-state index < -0.39 is 10.0 Å². The number of hydrogen-bond donors (Lipinski definition) is 2. The highest BCUT2D eigenvalue weighted by atomic mass is 32.2. The van der Waals surface area contributed by atoms with Gasteiger partial charge in [-0.3, -0.25) is 0 Å². The summed E-state index contributed by atoms with van der Waals surface area (Å²) in [6.07, 6.45) is 0. The molecule has 2 N–H and O–H groups in total. The molecule has 0 aromatic carbocycles. The Bertz CT molecular complexity index is 601. The third kappa shape index (κ3) is 3.04. The van der Waals surface area contributed by atoms with Gasteiger partial charge in [0.25, 0.3) is 0 Å². The minimum absolute atomic E-state index is 0.00750. The molecule has 1 aliphatic rings. The summed E-state index contributed by atoms with van der Waals surface area (Å²) in [7, 11) is -3.45. The smallest absolute Gasteiger partial charge is 0.242 e. The summed E-state index contributed by atoms with van der Waals surface area (Å²) in [4.78, 5) is 1.28. The van der Waals surface area contributed by atoms with E-state index in [1.54, 1.807) is 6.07 Å². The van der Waals surface area contributed by atoms with Crippen molar-refractivity contribution in [2.75, 3.05) is 0 Å². The Kier molecular flexibility index (Phi) is 4.30. The summed E-state index contributed by atoms with van der Waals surface area (Å²) in [5.41, 5.74) is -0.0150. The Morgan fingerprint density at radius 2 is 1.81 bits per heavy atom. The summed E-state index contributed by atoms with van der Waals surface area (Å²) in [6.45, 7) is 13.1. The van der Waals surface area contributed by atoms with E-state index >= 15 is 0 Å². The maximum Gasteiger partial charge on any atom is 0.242 e. The summed E-state index contributed by atoms with van der Waals surface area (Å²) in [5, 5.41) is 5.12. The predicted molar refractivity (Wildman–Crippen MR) is 88.0 cm³/mol. The third-order valence-corrected chi connectivity index (χ3v) is 7.52. The summed E-state index contributed by atoms with van der Waals surface area (Å²) in [6, 6.07) is 2.02. The lowest BCUT2D eigenvalue weighted by Crippen LogP contribution is -2.31. The van der Waals surface area contributed by atoms with Gasteiger partial charge >= 0.3 is 0 Å². The molecule has 21 heavy (non-hydrogen) atoms. The van der Waals surface area contributed by atoms with Crippen molar-refractivity contribution in [3.8, 4) is 0 Å². The number of rotatable bonds is 6. The highest BCUT2D eigenvalue weighted by Gasteiger charge is 2.66. The molecule has 0 bridgehead atoms. The first-order chi connectivity index (χ1) is 9.50. The van der Waals surface area contributed by atoms with E-state index in [1.165, 1.54) is 11.3 Å². The van der Waals surface area contributed by atoms with Gasteiger partial charge in [0, 0.05) is 23.5 Å². The maximum atomic E-state index is 12.7. The Labute approximate surface area is 132 Å². The van der Waals surface area contributed by atoms with Crippen molar-refractivity contribution in [1.82, 2.24) is 10.0 Å². The van der Waals surface area contributed by atoms with E-state index in [0.29, 0.717) is 17.5 Å². The zero-order valence-corrected chi connectivity index (χ0v) is 15.3. The van der Waals surface area contributed by atoms with Gasteiger partial charge in [-0.15, -0.1) is 11.3 Å². The molecule has 2 rings (SSSR count). The Balaban J connectivity index is 2.17. The van der Waals surface area contributed by atoms with Gasteiger partial charge in [-0.2, -0.15) is 0 Å². The fourth-order valence-electron chi connectivity index (χ4n) is 2.70. The maximum absolute atomic E-state index is 12.7. The van der Waals surface area contributed by atoms with E-state index in [-0.39, 0.29) is 16.9 Å². The monoisotopic (exact) mass is 330 g/mol. The SMILES string of the molecule is CC(C)NCc1sccc1S(=O)(=O)NC1C(C)(C)C1(C)C. The molecule has 1 heterocycles. The first kappa shape index (κ1) is 16.9. The van der Waals surface area contributed by atoms with Crippen LogP contribution in [0.3, 0.4) is 0 Å². The molecule has 0 aliphatic heterocycles. The van der Waals surface area contributed by atoms with E-state index in [4.69, 9.17) is 0 Å². The summed E-state index contributed by atoms with van der Waals surface area (Å²) < 4.78 is 28.2. The molecule has 1 aromatic rings. The largest absolute Gasteiger partial charge is 0.310 e. The summed E-state index contributed by atoms with van der Waals surface area (Å²) in [5.74, 6) is 0. The number of hydrogen-bond acceptors (Lipinski definition) is 4. The molecule has 1 fully saturated rings. The molecule has 0 saturated heterocycles. The second-order valence-corrected chi connectivity index (χ2v) is 9.92. The molecule has 120 valence electrons. The molecule has 1 saturated carbocycles. The zero-order chi connectivity index (χ0) is 16.1. The van der Waals surface area contributed by atoms with Crippen molar-refractivity contribution in [2.24, 2.45) is 10.8 Å². The fraction of sp³-hybridized carbons (Fsp3) is 0.733. The van der Waals surface area contributed by atoms with Gasteiger partial charge in [-0.05, 0) is 22.3 Å². The minimum atomic E-state index is -3.45. The molecule has 0 spiro atoms. The second kappa shape index (κ2) is 5.33. The van der Waals surface area contributed by atoms with Crippen molar-refractivity contribution in [1.29, 1.82) is 0 Å². The third-order valence-electron chi connectivity index (χ3n) is 4.96. The van der Waals surface area contributed by atoms with Gasteiger partial charge in [-0.25, -0.2) is 13.1 Å². The van der Waals surface area contributed by atoms with Gasteiger partial charge in [0.1, 0.15) is 0 Å². The van der Waals surface area contributed by atoms with Crippen LogP contribution >= 0.6 is 11.3 Å². The Morgan fingerprint density at radius 1 is 1.24 bits per heavy atom. The van der Waals surface area contributed by atoms with Gasteiger partial charge in [0.05, 0.1) is 4.90 Å². The van der Waals surface area contributed by atoms with E-state index in [1.807, 2.05) is 5.38 Å². The first-order valence-electron chi connectivity index (χ1n) is 7.32. The van der Waals surface area contributed by atoms with Crippen molar-refractivity contribution < 1.29 is 8.42 Å². The lowest BCUT2D eigenvalue weighted by Gasteiger charge is -2.11. The quantitative estimate of drug-likeness (QED) is 0.843. The molecule has 0 atom stereocenters. The van der Waals surface area contributed by atoms with Crippen LogP contribution in [0, 0.1) is 10.8 Å². The van der Waals surface area contributed by atoms with Crippen molar-refractivity contribution in [3.63, 3.8) is 0 Å². The topological polar surface area (TPSA) is 58.2 Å². The highest BCUT2D eigenvalue weighted by molar-refractivity contribution is 7.89. The summed E-state index contributed by atoms with van der Waals surface area (Å²) >= 11 is 1.48. The second-order valence-electron chi connectivity index (χ2n) is 7.24. The molecular weight excluding hydrogens is 304 g/mol. The van der Waals surface area contributed by atoms with E-state index in [9.17, 15) is 8.42 Å². The average molecular weight is 331 g/mol. The molecular formula is C15H26N2O2S2. The molecule has 0 amide bonds. The molecule has 4 nitrogen and oxygen atoms in total. The number of thiophene rings is 1. The van der Waals surface area contributed by atoms with E-state index in [0.717, 1.165) is 4.88 Å². The number of nitrogens with one attached hydrogen (secondary N) is 2. The lowest BCUT2D eigenvalue weighted by atomic mass is 10.0. The minimum Gasteiger partial charge on any atom is -0.310 e. The number of sulfonamides is 1. The van der Waals surface area contributed by atoms with Gasteiger partial charge < -0.3 is 5.32 Å². The normalized spacial score (nSPS) is 20.9. The van der Waals surface area contributed by atoms with Crippen LogP contribution in [0.2, 0.25) is 0 Å². The fourth-order valence-corrected chi connectivity index (χ4v) is 5.63. The van der Waals surface area contributed by atoms with Crippen LogP contribution in [0.1, 0.15) is 46.4 Å². The molecule has 6 heteroatoms. The van der Waals surface area contributed by atoms with Gasteiger partial charge in [0.15, 0.2) is 0 Å². The lowest BCUT2D eigenvalue weighted by molar-refractivity contribution is 0.457. The van der Waals surface area contributed by atoms with Crippen molar-refractivity contribution >= 4 is 21.4 Å². The van der Waals surface area contributed by atoms with Crippen LogP contribution in [0.15, 0.2) is 16.3 Å². The molecule has 0 radical (unpaired) electrons. The predicted octanol–water partition coefficient (Wildman–Crippen LogP) is 2.96. The van der Waals surface area contributed by atoms with Crippen LogP contribution in [-0.2, 0) is 16.6 Å². The Morgan fingerprint density at radius 3 is 2.29 bits per heavy atom. The van der Waals surface area contributed by atoms with E-state index in [2.05, 4.69) is 51.6 Å². The van der Waals surface area contributed by atoms with Crippen LogP contribution in [0.4, 0.5) is 0 Å². The van der Waals surface area contributed by atoms with Crippen LogP contribution in [0.5, 0.6) is 0 Å². The van der Waals surface area contributed by atoms with Crippen molar-refractivity contribution in [2.45, 2.75) is 65.1 Å². The average Bonchev–Trinajstić information content (AvgIpc) is 2.76. The Hall–Kier alpha value is -0.430. The highest BCUT2D eigenvalue weighted by Crippen LogP contribution is 2.63.